The third kappa shape index (κ3) is 2.09. The van der Waals surface area contributed by atoms with Crippen LogP contribution in [0.2, 0.25) is 0 Å². The predicted octanol–water partition coefficient (Wildman–Crippen LogP) is 0.692. The third-order valence-electron chi connectivity index (χ3n) is 3.93. The number of allylic oxidation sites excluding steroid dienone is 2. The second-order valence-electron chi connectivity index (χ2n) is 5.42. The molecule has 3 aliphatic rings. The van der Waals surface area contributed by atoms with Crippen molar-refractivity contribution in [2.45, 2.75) is 25.8 Å². The maximum Gasteiger partial charge on any atom is 0.255 e. The topological polar surface area (TPSA) is 66.5 Å². The number of hydrogen-bond acceptors (Lipinski definition) is 3. The van der Waals surface area contributed by atoms with Crippen LogP contribution in [-0.2, 0) is 14.4 Å². The van der Waals surface area contributed by atoms with E-state index < -0.39 is 6.04 Å². The van der Waals surface area contributed by atoms with Crippen molar-refractivity contribution in [3.8, 4) is 0 Å². The number of imide groups is 1. The van der Waals surface area contributed by atoms with Crippen LogP contribution in [0.15, 0.2) is 35.5 Å². The van der Waals surface area contributed by atoms with E-state index in [0.29, 0.717) is 24.5 Å². The standard InChI is InChI=1S/C15H16N2O3/c1-9-2-4-10-8-17(15(20)11(10)5-3-9)12-6-7-13(18)16-14(12)19/h2-5,9,12H,6-8H2,1H3,(H,16,18,19). The Morgan fingerprint density at radius 2 is 1.95 bits per heavy atom. The SMILES string of the molecule is CC1C=CC2=C(C=C1)C(=O)N(C1CCC(=O)NC1=O)C2. The molecule has 0 aromatic heterocycles. The van der Waals surface area contributed by atoms with Gasteiger partial charge in [0, 0.05) is 18.5 Å². The maximum atomic E-state index is 12.4. The molecule has 1 N–H and O–H groups in total. The van der Waals surface area contributed by atoms with Crippen LogP contribution in [0.1, 0.15) is 19.8 Å². The van der Waals surface area contributed by atoms with Gasteiger partial charge in [-0.2, -0.15) is 0 Å². The fraction of sp³-hybridized carbons (Fsp3) is 0.400. The van der Waals surface area contributed by atoms with Gasteiger partial charge in [-0.1, -0.05) is 31.2 Å². The summed E-state index contributed by atoms with van der Waals surface area (Å²) in [5.41, 5.74) is 1.61. The molecule has 0 radical (unpaired) electrons. The number of hydrogen-bond donors (Lipinski definition) is 1. The molecule has 2 aliphatic heterocycles. The van der Waals surface area contributed by atoms with Gasteiger partial charge in [0.1, 0.15) is 6.04 Å². The summed E-state index contributed by atoms with van der Waals surface area (Å²) in [6.45, 7) is 2.49. The first-order valence-corrected chi connectivity index (χ1v) is 6.80. The molecule has 0 aromatic carbocycles. The molecule has 0 bridgehead atoms. The zero-order valence-corrected chi connectivity index (χ0v) is 11.3. The summed E-state index contributed by atoms with van der Waals surface area (Å²) in [5.74, 6) is -0.448. The lowest BCUT2D eigenvalue weighted by Gasteiger charge is -2.29. The molecule has 2 unspecified atom stereocenters. The Kier molecular flexibility index (Phi) is 3.04. The number of carbonyl (C=O) groups is 3. The average Bonchev–Trinajstić information content (AvgIpc) is 2.58. The fourth-order valence-corrected chi connectivity index (χ4v) is 2.76. The van der Waals surface area contributed by atoms with Crippen LogP contribution in [0.3, 0.4) is 0 Å². The molecule has 3 rings (SSSR count). The van der Waals surface area contributed by atoms with Gasteiger partial charge in [-0.05, 0) is 17.9 Å². The average molecular weight is 272 g/mol. The minimum Gasteiger partial charge on any atom is -0.322 e. The number of piperidine rings is 1. The van der Waals surface area contributed by atoms with E-state index in [1.54, 1.807) is 4.90 Å². The van der Waals surface area contributed by atoms with Gasteiger partial charge in [-0.25, -0.2) is 0 Å². The number of rotatable bonds is 1. The highest BCUT2D eigenvalue weighted by atomic mass is 16.2. The lowest BCUT2D eigenvalue weighted by Crippen LogP contribution is -2.53. The normalized spacial score (nSPS) is 29.6. The molecule has 1 fully saturated rings. The van der Waals surface area contributed by atoms with Crippen molar-refractivity contribution in [3.63, 3.8) is 0 Å². The molecule has 1 aliphatic carbocycles. The molecule has 5 nitrogen and oxygen atoms in total. The van der Waals surface area contributed by atoms with Crippen LogP contribution in [0.4, 0.5) is 0 Å². The highest BCUT2D eigenvalue weighted by Gasteiger charge is 2.39. The molecule has 0 spiro atoms. The molecule has 0 saturated carbocycles. The van der Waals surface area contributed by atoms with Crippen molar-refractivity contribution >= 4 is 17.7 Å². The number of carbonyl (C=O) groups excluding carboxylic acids is 3. The van der Waals surface area contributed by atoms with Crippen molar-refractivity contribution in [2.24, 2.45) is 5.92 Å². The van der Waals surface area contributed by atoms with Crippen LogP contribution in [0.5, 0.6) is 0 Å². The molecular formula is C15H16N2O3. The summed E-state index contributed by atoms with van der Waals surface area (Å²) in [4.78, 5) is 37.1. The van der Waals surface area contributed by atoms with Gasteiger partial charge >= 0.3 is 0 Å². The van der Waals surface area contributed by atoms with Crippen molar-refractivity contribution in [1.29, 1.82) is 0 Å². The minimum atomic E-state index is -0.536. The summed E-state index contributed by atoms with van der Waals surface area (Å²) in [6.07, 6.45) is 8.51. The first-order valence-electron chi connectivity index (χ1n) is 6.80. The highest BCUT2D eigenvalue weighted by Crippen LogP contribution is 2.28. The van der Waals surface area contributed by atoms with E-state index in [2.05, 4.69) is 12.2 Å². The van der Waals surface area contributed by atoms with Crippen molar-refractivity contribution < 1.29 is 14.4 Å². The fourth-order valence-electron chi connectivity index (χ4n) is 2.76. The largest absolute Gasteiger partial charge is 0.322 e. The van der Waals surface area contributed by atoms with E-state index in [4.69, 9.17) is 0 Å². The van der Waals surface area contributed by atoms with Gasteiger partial charge in [-0.15, -0.1) is 0 Å². The molecular weight excluding hydrogens is 256 g/mol. The number of nitrogens with zero attached hydrogens (tertiary/aromatic N) is 1. The van der Waals surface area contributed by atoms with Crippen LogP contribution in [0.25, 0.3) is 0 Å². The molecule has 5 heteroatoms. The Balaban J connectivity index is 1.82. The molecule has 1 saturated heterocycles. The smallest absolute Gasteiger partial charge is 0.255 e. The quantitative estimate of drug-likeness (QED) is 0.714. The second kappa shape index (κ2) is 4.74. The van der Waals surface area contributed by atoms with Gasteiger partial charge in [0.15, 0.2) is 0 Å². The van der Waals surface area contributed by atoms with Gasteiger partial charge in [0.05, 0.1) is 0 Å². The maximum absolute atomic E-state index is 12.4. The molecule has 0 aromatic rings. The van der Waals surface area contributed by atoms with Crippen LogP contribution in [0, 0.1) is 5.92 Å². The molecule has 104 valence electrons. The number of nitrogens with one attached hydrogen (secondary N) is 1. The summed E-state index contributed by atoms with van der Waals surface area (Å²) in [6, 6.07) is -0.536. The van der Waals surface area contributed by atoms with E-state index in [0.717, 1.165) is 5.57 Å². The third-order valence-corrected chi connectivity index (χ3v) is 3.93. The second-order valence-corrected chi connectivity index (χ2v) is 5.42. The first kappa shape index (κ1) is 12.8. The van der Waals surface area contributed by atoms with E-state index in [1.165, 1.54) is 0 Å². The van der Waals surface area contributed by atoms with Crippen LogP contribution < -0.4 is 5.32 Å². The Labute approximate surface area is 117 Å². The van der Waals surface area contributed by atoms with E-state index >= 15 is 0 Å². The predicted molar refractivity (Wildman–Crippen MR) is 72.4 cm³/mol. The summed E-state index contributed by atoms with van der Waals surface area (Å²) in [5, 5.41) is 2.30. The van der Waals surface area contributed by atoms with E-state index in [1.807, 2.05) is 24.3 Å². The number of amides is 3. The Bertz CT molecular complexity index is 586. The Morgan fingerprint density at radius 3 is 2.70 bits per heavy atom. The van der Waals surface area contributed by atoms with Crippen molar-refractivity contribution in [3.05, 3.63) is 35.5 Å². The van der Waals surface area contributed by atoms with E-state index in [-0.39, 0.29) is 24.1 Å². The molecule has 2 heterocycles. The summed E-state index contributed by atoms with van der Waals surface area (Å²) >= 11 is 0. The highest BCUT2D eigenvalue weighted by molar-refractivity contribution is 6.06. The molecule has 2 atom stereocenters. The monoisotopic (exact) mass is 272 g/mol. The van der Waals surface area contributed by atoms with Gasteiger partial charge in [-0.3, -0.25) is 19.7 Å². The molecule has 3 amide bonds. The zero-order chi connectivity index (χ0) is 14.3. The van der Waals surface area contributed by atoms with E-state index in [9.17, 15) is 14.4 Å². The minimum absolute atomic E-state index is 0.121. The summed E-state index contributed by atoms with van der Waals surface area (Å²) < 4.78 is 0. The van der Waals surface area contributed by atoms with Gasteiger partial charge in [0.2, 0.25) is 11.8 Å². The lowest BCUT2D eigenvalue weighted by atomic mass is 10.0. The summed E-state index contributed by atoms with van der Waals surface area (Å²) in [7, 11) is 0. The van der Waals surface area contributed by atoms with Gasteiger partial charge < -0.3 is 4.90 Å². The van der Waals surface area contributed by atoms with Gasteiger partial charge in [0.25, 0.3) is 5.91 Å². The van der Waals surface area contributed by atoms with Crippen LogP contribution in [-0.4, -0.2) is 35.2 Å². The van der Waals surface area contributed by atoms with Crippen molar-refractivity contribution in [2.75, 3.05) is 6.54 Å². The van der Waals surface area contributed by atoms with Crippen LogP contribution >= 0.6 is 0 Å². The van der Waals surface area contributed by atoms with Crippen molar-refractivity contribution in [1.82, 2.24) is 10.2 Å². The Morgan fingerprint density at radius 1 is 1.20 bits per heavy atom. The first-order chi connectivity index (χ1) is 9.56. The molecule has 20 heavy (non-hydrogen) atoms. The zero-order valence-electron chi connectivity index (χ0n) is 11.3. The Hall–Kier alpha value is -2.17. The lowest BCUT2D eigenvalue weighted by molar-refractivity contribution is -0.142.